The summed E-state index contributed by atoms with van der Waals surface area (Å²) in [6.07, 6.45) is 3.90. The van der Waals surface area contributed by atoms with Crippen molar-refractivity contribution in [2.75, 3.05) is 33.7 Å². The Kier molecular flexibility index (Phi) is 6.02. The van der Waals surface area contributed by atoms with E-state index < -0.39 is 6.04 Å². The average molecular weight is 384 g/mol. The van der Waals surface area contributed by atoms with E-state index in [1.165, 1.54) is 22.8 Å². The number of aromatic amines is 1. The van der Waals surface area contributed by atoms with Crippen LogP contribution in [0.25, 0.3) is 10.9 Å². The van der Waals surface area contributed by atoms with Crippen molar-refractivity contribution < 1.29 is 14.4 Å². The van der Waals surface area contributed by atoms with Gasteiger partial charge in [-0.05, 0) is 24.5 Å². The summed E-state index contributed by atoms with van der Waals surface area (Å²) in [5, 5.41) is 1.19. The molecule has 1 atom stereocenters. The van der Waals surface area contributed by atoms with E-state index in [9.17, 15) is 14.4 Å². The van der Waals surface area contributed by atoms with Gasteiger partial charge in [-0.25, -0.2) is 0 Å². The first-order valence-corrected chi connectivity index (χ1v) is 9.69. The number of H-pyrrole nitrogens is 1. The van der Waals surface area contributed by atoms with Crippen molar-refractivity contribution in [3.63, 3.8) is 0 Å². The Morgan fingerprint density at radius 2 is 1.93 bits per heavy atom. The molecule has 7 heteroatoms. The fourth-order valence-electron chi connectivity index (χ4n) is 3.79. The molecule has 0 aliphatic carbocycles. The van der Waals surface area contributed by atoms with Gasteiger partial charge in [-0.3, -0.25) is 14.4 Å². The Bertz CT molecular complexity index is 873. The molecule has 2 heterocycles. The molecule has 3 amide bonds. The molecule has 0 saturated carbocycles. The number of piperazine rings is 1. The van der Waals surface area contributed by atoms with Crippen molar-refractivity contribution in [1.82, 2.24) is 19.7 Å². The molecule has 0 spiro atoms. The normalized spacial score (nSPS) is 17.0. The van der Waals surface area contributed by atoms with Gasteiger partial charge in [-0.15, -0.1) is 0 Å². The Hall–Kier alpha value is -2.83. The minimum Gasteiger partial charge on any atom is -0.361 e. The van der Waals surface area contributed by atoms with Gasteiger partial charge in [0.1, 0.15) is 6.04 Å². The number of rotatable bonds is 5. The summed E-state index contributed by atoms with van der Waals surface area (Å²) in [6.45, 7) is 2.63. The van der Waals surface area contributed by atoms with Gasteiger partial charge in [0.25, 0.3) is 0 Å². The SMILES string of the molecule is CC(=O)N1CCN(C(=O)CCCc2c[nH]c3ccccc23)[C@@H](C(=O)N(C)C)C1. The second-order valence-corrected chi connectivity index (χ2v) is 7.51. The number of para-hydroxylation sites is 1. The molecular weight excluding hydrogens is 356 g/mol. The fraction of sp³-hybridized carbons (Fsp3) is 0.476. The van der Waals surface area contributed by atoms with Crippen molar-refractivity contribution in [2.24, 2.45) is 0 Å². The number of aromatic nitrogens is 1. The van der Waals surface area contributed by atoms with E-state index in [1.54, 1.807) is 23.9 Å². The van der Waals surface area contributed by atoms with E-state index >= 15 is 0 Å². The number of carbonyl (C=O) groups excluding carboxylic acids is 3. The molecule has 2 aromatic rings. The number of nitrogens with zero attached hydrogens (tertiary/aromatic N) is 3. The fourth-order valence-corrected chi connectivity index (χ4v) is 3.79. The molecule has 1 aliphatic heterocycles. The van der Waals surface area contributed by atoms with Crippen LogP contribution < -0.4 is 0 Å². The molecule has 7 nitrogen and oxygen atoms in total. The monoisotopic (exact) mass is 384 g/mol. The molecule has 1 aromatic heterocycles. The van der Waals surface area contributed by atoms with Gasteiger partial charge in [-0.1, -0.05) is 18.2 Å². The number of nitrogens with one attached hydrogen (secondary N) is 1. The summed E-state index contributed by atoms with van der Waals surface area (Å²) >= 11 is 0. The number of amides is 3. The zero-order valence-electron chi connectivity index (χ0n) is 16.8. The van der Waals surface area contributed by atoms with Crippen LogP contribution in [-0.2, 0) is 20.8 Å². The molecule has 1 fully saturated rings. The van der Waals surface area contributed by atoms with Crippen LogP contribution in [0.1, 0.15) is 25.3 Å². The van der Waals surface area contributed by atoms with Crippen LogP contribution in [0.15, 0.2) is 30.5 Å². The molecule has 1 saturated heterocycles. The first-order chi connectivity index (χ1) is 13.4. The number of hydrogen-bond donors (Lipinski definition) is 1. The van der Waals surface area contributed by atoms with Crippen LogP contribution in [-0.4, -0.2) is 77.2 Å². The first-order valence-electron chi connectivity index (χ1n) is 9.69. The van der Waals surface area contributed by atoms with Crippen molar-refractivity contribution in [3.8, 4) is 0 Å². The summed E-state index contributed by atoms with van der Waals surface area (Å²) in [4.78, 5) is 45.2. The van der Waals surface area contributed by atoms with Gasteiger partial charge in [-0.2, -0.15) is 0 Å². The third-order valence-electron chi connectivity index (χ3n) is 5.38. The molecule has 150 valence electrons. The molecule has 0 unspecified atom stereocenters. The molecule has 1 aromatic carbocycles. The third kappa shape index (κ3) is 4.18. The van der Waals surface area contributed by atoms with Gasteiger partial charge in [0.15, 0.2) is 0 Å². The molecule has 1 N–H and O–H groups in total. The molecule has 1 aliphatic rings. The topological polar surface area (TPSA) is 76.7 Å². The quantitative estimate of drug-likeness (QED) is 0.851. The average Bonchev–Trinajstić information content (AvgIpc) is 3.10. The Balaban J connectivity index is 1.63. The van der Waals surface area contributed by atoms with Crippen LogP contribution in [0, 0.1) is 0 Å². The Morgan fingerprint density at radius 1 is 1.18 bits per heavy atom. The summed E-state index contributed by atoms with van der Waals surface area (Å²) < 4.78 is 0. The molecule has 0 radical (unpaired) electrons. The van der Waals surface area contributed by atoms with Gasteiger partial charge >= 0.3 is 0 Å². The highest BCUT2D eigenvalue weighted by Gasteiger charge is 2.36. The van der Waals surface area contributed by atoms with E-state index in [0.29, 0.717) is 19.5 Å². The lowest BCUT2D eigenvalue weighted by Gasteiger charge is -2.41. The van der Waals surface area contributed by atoms with E-state index in [-0.39, 0.29) is 24.3 Å². The highest BCUT2D eigenvalue weighted by Crippen LogP contribution is 2.20. The largest absolute Gasteiger partial charge is 0.361 e. The molecule has 0 bridgehead atoms. The van der Waals surface area contributed by atoms with Gasteiger partial charge in [0.05, 0.1) is 6.54 Å². The predicted octanol–water partition coefficient (Wildman–Crippen LogP) is 1.64. The zero-order valence-corrected chi connectivity index (χ0v) is 16.8. The van der Waals surface area contributed by atoms with Crippen molar-refractivity contribution >= 4 is 28.6 Å². The van der Waals surface area contributed by atoms with Gasteiger partial charge < -0.3 is 19.7 Å². The number of benzene rings is 1. The molecule has 3 rings (SSSR count). The summed E-state index contributed by atoms with van der Waals surface area (Å²) in [6, 6.07) is 7.52. The van der Waals surface area contributed by atoms with E-state index in [0.717, 1.165) is 18.4 Å². The number of carbonyl (C=O) groups is 3. The number of hydrogen-bond acceptors (Lipinski definition) is 3. The maximum atomic E-state index is 12.8. The highest BCUT2D eigenvalue weighted by molar-refractivity contribution is 5.89. The Labute approximate surface area is 165 Å². The van der Waals surface area contributed by atoms with E-state index in [1.807, 2.05) is 24.4 Å². The van der Waals surface area contributed by atoms with Gasteiger partial charge in [0, 0.05) is 57.6 Å². The zero-order chi connectivity index (χ0) is 20.3. The number of aryl methyl sites for hydroxylation is 1. The van der Waals surface area contributed by atoms with Crippen molar-refractivity contribution in [1.29, 1.82) is 0 Å². The van der Waals surface area contributed by atoms with Gasteiger partial charge in [0.2, 0.25) is 17.7 Å². The highest BCUT2D eigenvalue weighted by atomic mass is 16.2. The van der Waals surface area contributed by atoms with E-state index in [4.69, 9.17) is 0 Å². The second kappa shape index (κ2) is 8.46. The smallest absolute Gasteiger partial charge is 0.246 e. The second-order valence-electron chi connectivity index (χ2n) is 7.51. The lowest BCUT2D eigenvalue weighted by Crippen LogP contribution is -2.61. The van der Waals surface area contributed by atoms with Crippen LogP contribution in [0.3, 0.4) is 0 Å². The minimum absolute atomic E-state index is 0.0248. The molecule has 28 heavy (non-hydrogen) atoms. The van der Waals surface area contributed by atoms with Crippen LogP contribution in [0.5, 0.6) is 0 Å². The van der Waals surface area contributed by atoms with Crippen molar-refractivity contribution in [3.05, 3.63) is 36.0 Å². The maximum Gasteiger partial charge on any atom is 0.246 e. The number of fused-ring (bicyclic) bond motifs is 1. The van der Waals surface area contributed by atoms with Crippen LogP contribution in [0.4, 0.5) is 0 Å². The summed E-state index contributed by atoms with van der Waals surface area (Å²) in [5.74, 6) is -0.234. The standard InChI is InChI=1S/C21H28N4O3/c1-15(26)24-11-12-25(19(14-24)21(28)23(2)3)20(27)10-6-7-16-13-22-18-9-5-4-8-17(16)18/h4-5,8-9,13,19,22H,6-7,10-12,14H2,1-3H3/t19-/m1/s1. The van der Waals surface area contributed by atoms with Crippen LogP contribution in [0.2, 0.25) is 0 Å². The minimum atomic E-state index is -0.603. The third-order valence-corrected chi connectivity index (χ3v) is 5.38. The van der Waals surface area contributed by atoms with Crippen molar-refractivity contribution in [2.45, 2.75) is 32.2 Å². The number of likely N-dealkylation sites (N-methyl/N-ethyl adjacent to an activating group) is 1. The van der Waals surface area contributed by atoms with Crippen LogP contribution >= 0.6 is 0 Å². The molecular formula is C21H28N4O3. The summed E-state index contributed by atoms with van der Waals surface area (Å²) in [5.41, 5.74) is 2.30. The lowest BCUT2D eigenvalue weighted by molar-refractivity contribution is -0.151. The lowest BCUT2D eigenvalue weighted by atomic mass is 10.1. The predicted molar refractivity (Wildman–Crippen MR) is 108 cm³/mol. The summed E-state index contributed by atoms with van der Waals surface area (Å²) in [7, 11) is 3.35. The maximum absolute atomic E-state index is 12.8. The Morgan fingerprint density at radius 3 is 2.64 bits per heavy atom. The first kappa shape index (κ1) is 19.9. The van der Waals surface area contributed by atoms with E-state index in [2.05, 4.69) is 11.1 Å².